The van der Waals surface area contributed by atoms with E-state index in [2.05, 4.69) is 16.3 Å². The molecule has 2 aromatic carbocycles. The van der Waals surface area contributed by atoms with E-state index in [1.165, 1.54) is 0 Å². The quantitative estimate of drug-likeness (QED) is 0.831. The van der Waals surface area contributed by atoms with Crippen LogP contribution in [-0.4, -0.2) is 53.8 Å². The molecule has 1 unspecified atom stereocenters. The monoisotopic (exact) mass is 404 g/mol. The van der Waals surface area contributed by atoms with E-state index in [-0.39, 0.29) is 17.9 Å². The maximum absolute atomic E-state index is 13.1. The number of rotatable bonds is 5. The fourth-order valence-electron chi connectivity index (χ4n) is 3.78. The highest BCUT2D eigenvalue weighted by Crippen LogP contribution is 2.26. The lowest BCUT2D eigenvalue weighted by atomic mass is 9.83. The summed E-state index contributed by atoms with van der Waals surface area (Å²) >= 11 is 0. The molecular formula is C24H28N4O2. The summed E-state index contributed by atoms with van der Waals surface area (Å²) in [6, 6.07) is 18.5. The number of benzene rings is 2. The summed E-state index contributed by atoms with van der Waals surface area (Å²) in [7, 11) is 0. The van der Waals surface area contributed by atoms with E-state index in [9.17, 15) is 14.9 Å². The molecule has 6 heteroatoms. The molecule has 2 aromatic rings. The summed E-state index contributed by atoms with van der Waals surface area (Å²) < 4.78 is 0. The number of hydrogen-bond acceptors (Lipinski definition) is 4. The molecule has 30 heavy (non-hydrogen) atoms. The Morgan fingerprint density at radius 3 is 2.23 bits per heavy atom. The van der Waals surface area contributed by atoms with Gasteiger partial charge in [0.15, 0.2) is 0 Å². The van der Waals surface area contributed by atoms with Gasteiger partial charge in [0, 0.05) is 26.2 Å². The third-order valence-electron chi connectivity index (χ3n) is 5.86. The topological polar surface area (TPSA) is 76.4 Å². The van der Waals surface area contributed by atoms with Crippen LogP contribution in [0.3, 0.4) is 0 Å². The van der Waals surface area contributed by atoms with Gasteiger partial charge >= 0.3 is 0 Å². The van der Waals surface area contributed by atoms with Gasteiger partial charge in [-0.1, -0.05) is 42.5 Å². The van der Waals surface area contributed by atoms with Gasteiger partial charge in [0.1, 0.15) is 6.07 Å². The number of nitrogens with zero attached hydrogens (tertiary/aromatic N) is 3. The smallest absolute Gasteiger partial charge is 0.241 e. The average molecular weight is 405 g/mol. The van der Waals surface area contributed by atoms with E-state index in [4.69, 9.17) is 0 Å². The molecule has 0 saturated carbocycles. The first-order valence-corrected chi connectivity index (χ1v) is 10.2. The van der Waals surface area contributed by atoms with Crippen LogP contribution in [0.4, 0.5) is 5.69 Å². The Morgan fingerprint density at radius 2 is 1.60 bits per heavy atom. The predicted octanol–water partition coefficient (Wildman–Crippen LogP) is 3.01. The van der Waals surface area contributed by atoms with Crippen LogP contribution in [0.15, 0.2) is 54.6 Å². The molecule has 0 aliphatic carbocycles. The minimum absolute atomic E-state index is 0.105. The van der Waals surface area contributed by atoms with Gasteiger partial charge in [-0.25, -0.2) is 0 Å². The molecule has 1 fully saturated rings. The fraction of sp³-hybridized carbons (Fsp3) is 0.375. The van der Waals surface area contributed by atoms with Crippen LogP contribution in [0, 0.1) is 11.3 Å². The lowest BCUT2D eigenvalue weighted by Crippen LogP contribution is -2.56. The van der Waals surface area contributed by atoms with Gasteiger partial charge in [0.2, 0.25) is 11.8 Å². The Kier molecular flexibility index (Phi) is 6.53. The standard InChI is InChI=1S/C24H28N4O2/c1-18(22(29)26-21-12-8-7-9-19(21)17-25)27-13-15-28(16-14-27)23(30)24(2,3)20-10-5-4-6-11-20/h4-12,18H,13-16H2,1-3H3,(H,26,29). The van der Waals surface area contributed by atoms with Crippen LogP contribution in [0.25, 0.3) is 0 Å². The van der Waals surface area contributed by atoms with Crippen LogP contribution in [0.1, 0.15) is 31.9 Å². The first kappa shape index (κ1) is 21.5. The summed E-state index contributed by atoms with van der Waals surface area (Å²) in [6.07, 6.45) is 0. The Bertz CT molecular complexity index is 941. The number of para-hydroxylation sites is 1. The lowest BCUT2D eigenvalue weighted by Gasteiger charge is -2.40. The molecule has 1 N–H and O–H groups in total. The molecule has 1 aliphatic rings. The second-order valence-electron chi connectivity index (χ2n) is 8.14. The number of hydrogen-bond donors (Lipinski definition) is 1. The number of nitrogens with one attached hydrogen (secondary N) is 1. The van der Waals surface area contributed by atoms with Crippen molar-refractivity contribution >= 4 is 17.5 Å². The molecule has 3 rings (SSSR count). The Labute approximate surface area is 178 Å². The molecule has 1 aliphatic heterocycles. The highest BCUT2D eigenvalue weighted by Gasteiger charge is 2.36. The van der Waals surface area contributed by atoms with Crippen LogP contribution in [0.2, 0.25) is 0 Å². The van der Waals surface area contributed by atoms with Crippen LogP contribution in [0.5, 0.6) is 0 Å². The summed E-state index contributed by atoms with van der Waals surface area (Å²) in [5.74, 6) is -0.0458. The second kappa shape index (κ2) is 9.10. The largest absolute Gasteiger partial charge is 0.339 e. The molecule has 0 radical (unpaired) electrons. The number of nitriles is 1. The minimum Gasteiger partial charge on any atom is -0.339 e. The molecule has 0 aromatic heterocycles. The van der Waals surface area contributed by atoms with Crippen molar-refractivity contribution in [3.63, 3.8) is 0 Å². The zero-order valence-electron chi connectivity index (χ0n) is 17.8. The number of anilines is 1. The van der Waals surface area contributed by atoms with Gasteiger partial charge in [-0.15, -0.1) is 0 Å². The lowest BCUT2D eigenvalue weighted by molar-refractivity contribution is -0.138. The second-order valence-corrected chi connectivity index (χ2v) is 8.14. The maximum Gasteiger partial charge on any atom is 0.241 e. The van der Waals surface area contributed by atoms with E-state index >= 15 is 0 Å². The number of carbonyl (C=O) groups excluding carboxylic acids is 2. The Morgan fingerprint density at radius 1 is 1.00 bits per heavy atom. The van der Waals surface area contributed by atoms with Crippen molar-refractivity contribution in [1.82, 2.24) is 9.80 Å². The van der Waals surface area contributed by atoms with Crippen molar-refractivity contribution in [3.8, 4) is 6.07 Å². The summed E-state index contributed by atoms with van der Waals surface area (Å²) in [5, 5.41) is 12.1. The van der Waals surface area contributed by atoms with Crippen LogP contribution < -0.4 is 5.32 Å². The van der Waals surface area contributed by atoms with Gasteiger partial charge in [0.25, 0.3) is 0 Å². The highest BCUT2D eigenvalue weighted by atomic mass is 16.2. The number of amides is 2. The molecule has 156 valence electrons. The van der Waals surface area contributed by atoms with Gasteiger partial charge in [-0.2, -0.15) is 5.26 Å². The Balaban J connectivity index is 1.59. The third kappa shape index (κ3) is 4.52. The number of carbonyl (C=O) groups is 2. The molecule has 6 nitrogen and oxygen atoms in total. The summed E-state index contributed by atoms with van der Waals surface area (Å²) in [4.78, 5) is 29.8. The Hall–Kier alpha value is -3.17. The van der Waals surface area contributed by atoms with E-state index in [0.717, 1.165) is 5.56 Å². The van der Waals surface area contributed by atoms with E-state index in [1.54, 1.807) is 24.3 Å². The van der Waals surface area contributed by atoms with Crippen molar-refractivity contribution < 1.29 is 9.59 Å². The van der Waals surface area contributed by atoms with E-state index < -0.39 is 5.41 Å². The van der Waals surface area contributed by atoms with Crippen molar-refractivity contribution in [2.75, 3.05) is 31.5 Å². The zero-order chi connectivity index (χ0) is 21.7. The molecule has 1 atom stereocenters. The zero-order valence-corrected chi connectivity index (χ0v) is 17.8. The van der Waals surface area contributed by atoms with Gasteiger partial charge < -0.3 is 10.2 Å². The number of piperazine rings is 1. The molecule has 1 saturated heterocycles. The SMILES string of the molecule is CC(C(=O)Nc1ccccc1C#N)N1CCN(C(=O)C(C)(C)c2ccccc2)CC1. The molecule has 2 amide bonds. The average Bonchev–Trinajstić information content (AvgIpc) is 2.79. The maximum atomic E-state index is 13.1. The van der Waals surface area contributed by atoms with Crippen LogP contribution in [-0.2, 0) is 15.0 Å². The first-order chi connectivity index (χ1) is 14.3. The molecule has 0 spiro atoms. The van der Waals surface area contributed by atoms with Crippen molar-refractivity contribution in [3.05, 3.63) is 65.7 Å². The van der Waals surface area contributed by atoms with Crippen molar-refractivity contribution in [2.24, 2.45) is 0 Å². The summed E-state index contributed by atoms with van der Waals surface area (Å²) in [5.41, 5.74) is 1.38. The normalized spacial score (nSPS) is 15.9. The molecular weight excluding hydrogens is 376 g/mol. The van der Waals surface area contributed by atoms with Gasteiger partial charge in [-0.05, 0) is 38.5 Å². The van der Waals surface area contributed by atoms with Gasteiger partial charge in [0.05, 0.1) is 22.7 Å². The highest BCUT2D eigenvalue weighted by molar-refractivity contribution is 5.95. The van der Waals surface area contributed by atoms with Gasteiger partial charge in [-0.3, -0.25) is 14.5 Å². The summed E-state index contributed by atoms with van der Waals surface area (Å²) in [6.45, 7) is 8.20. The molecule has 1 heterocycles. The minimum atomic E-state index is -0.590. The van der Waals surface area contributed by atoms with Crippen molar-refractivity contribution in [1.29, 1.82) is 5.26 Å². The fourth-order valence-corrected chi connectivity index (χ4v) is 3.78. The van der Waals surface area contributed by atoms with Crippen molar-refractivity contribution in [2.45, 2.75) is 32.2 Å². The molecule has 0 bridgehead atoms. The van der Waals surface area contributed by atoms with E-state index in [0.29, 0.717) is 37.4 Å². The van der Waals surface area contributed by atoms with E-state index in [1.807, 2.05) is 56.0 Å². The van der Waals surface area contributed by atoms with Crippen LogP contribution >= 0.6 is 0 Å². The third-order valence-corrected chi connectivity index (χ3v) is 5.86. The predicted molar refractivity (Wildman–Crippen MR) is 117 cm³/mol. The first-order valence-electron chi connectivity index (χ1n) is 10.2.